The predicted octanol–water partition coefficient (Wildman–Crippen LogP) is 5.47. The lowest BCUT2D eigenvalue weighted by molar-refractivity contribution is 0.300. The monoisotopic (exact) mass is 431 g/mol. The van der Waals surface area contributed by atoms with Gasteiger partial charge in [-0.15, -0.1) is 0 Å². The van der Waals surface area contributed by atoms with Crippen molar-refractivity contribution in [2.45, 2.75) is 20.1 Å². The van der Waals surface area contributed by atoms with Crippen LogP contribution in [0.15, 0.2) is 39.3 Å². The number of aryl methyl sites for hydroxylation is 1. The summed E-state index contributed by atoms with van der Waals surface area (Å²) in [6.07, 6.45) is 0. The summed E-state index contributed by atoms with van der Waals surface area (Å²) in [5.41, 5.74) is 3.19. The summed E-state index contributed by atoms with van der Waals surface area (Å²) in [6, 6.07) is 9.94. The first-order chi connectivity index (χ1) is 10.0. The highest BCUT2D eigenvalue weighted by Gasteiger charge is 2.10. The first kappa shape index (κ1) is 16.8. The lowest BCUT2D eigenvalue weighted by atomic mass is 10.1. The average Bonchev–Trinajstić information content (AvgIpc) is 2.40. The number of hydrogen-bond acceptors (Lipinski definition) is 2. The second kappa shape index (κ2) is 7.63. The standard InChI is InChI=1S/C16H16Br2ClNO/c1-10-5-14(18)6-12(8-20-2)16(10)21-9-11-3-4-13(17)7-15(11)19/h3-7,20H,8-9H2,1-2H3. The van der Waals surface area contributed by atoms with Gasteiger partial charge in [-0.3, -0.25) is 0 Å². The molecule has 112 valence electrons. The Morgan fingerprint density at radius 2 is 1.86 bits per heavy atom. The first-order valence-corrected chi connectivity index (χ1v) is 8.48. The lowest BCUT2D eigenvalue weighted by Gasteiger charge is -2.15. The molecule has 0 atom stereocenters. The van der Waals surface area contributed by atoms with Crippen molar-refractivity contribution in [2.24, 2.45) is 0 Å². The quantitative estimate of drug-likeness (QED) is 0.675. The van der Waals surface area contributed by atoms with Gasteiger partial charge in [-0.25, -0.2) is 0 Å². The van der Waals surface area contributed by atoms with Gasteiger partial charge >= 0.3 is 0 Å². The van der Waals surface area contributed by atoms with Gasteiger partial charge in [0, 0.05) is 31.6 Å². The van der Waals surface area contributed by atoms with Gasteiger partial charge in [0.2, 0.25) is 0 Å². The minimum atomic E-state index is 0.450. The second-order valence-corrected chi connectivity index (χ2v) is 7.00. The summed E-state index contributed by atoms with van der Waals surface area (Å²) in [5, 5.41) is 3.87. The third-order valence-electron chi connectivity index (χ3n) is 3.07. The van der Waals surface area contributed by atoms with Gasteiger partial charge in [-0.05, 0) is 43.8 Å². The van der Waals surface area contributed by atoms with Crippen LogP contribution in [0.25, 0.3) is 0 Å². The fourth-order valence-corrected chi connectivity index (χ4v) is 3.46. The van der Waals surface area contributed by atoms with E-state index >= 15 is 0 Å². The molecule has 21 heavy (non-hydrogen) atoms. The molecule has 0 bridgehead atoms. The van der Waals surface area contributed by atoms with Crippen molar-refractivity contribution in [1.29, 1.82) is 0 Å². The fourth-order valence-electron chi connectivity index (χ4n) is 2.12. The molecule has 0 spiro atoms. The van der Waals surface area contributed by atoms with Crippen LogP contribution in [0.1, 0.15) is 16.7 Å². The van der Waals surface area contributed by atoms with Crippen LogP contribution < -0.4 is 10.1 Å². The van der Waals surface area contributed by atoms with Crippen molar-refractivity contribution in [1.82, 2.24) is 5.32 Å². The number of hydrogen-bond donors (Lipinski definition) is 1. The molecule has 2 aromatic rings. The molecule has 0 saturated carbocycles. The molecule has 0 radical (unpaired) electrons. The Hall–Kier alpha value is -0.550. The van der Waals surface area contributed by atoms with E-state index in [2.05, 4.69) is 49.3 Å². The Kier molecular flexibility index (Phi) is 6.11. The zero-order valence-electron chi connectivity index (χ0n) is 11.8. The summed E-state index contributed by atoms with van der Waals surface area (Å²) >= 11 is 13.2. The SMILES string of the molecule is CNCc1cc(Br)cc(C)c1OCc1ccc(Br)cc1Cl. The maximum Gasteiger partial charge on any atom is 0.127 e. The third-order valence-corrected chi connectivity index (χ3v) is 4.37. The zero-order valence-corrected chi connectivity index (χ0v) is 15.8. The van der Waals surface area contributed by atoms with Gasteiger partial charge in [0.15, 0.2) is 0 Å². The molecule has 5 heteroatoms. The largest absolute Gasteiger partial charge is 0.488 e. The smallest absolute Gasteiger partial charge is 0.127 e. The summed E-state index contributed by atoms with van der Waals surface area (Å²) in [5.74, 6) is 0.909. The van der Waals surface area contributed by atoms with Gasteiger partial charge in [0.25, 0.3) is 0 Å². The molecule has 0 aliphatic heterocycles. The van der Waals surface area contributed by atoms with Gasteiger partial charge < -0.3 is 10.1 Å². The molecule has 2 nitrogen and oxygen atoms in total. The van der Waals surface area contributed by atoms with E-state index in [1.165, 1.54) is 0 Å². The molecular weight excluding hydrogens is 417 g/mol. The average molecular weight is 434 g/mol. The molecule has 1 N–H and O–H groups in total. The van der Waals surface area contributed by atoms with Crippen molar-refractivity contribution in [3.63, 3.8) is 0 Å². The predicted molar refractivity (Wildman–Crippen MR) is 95.1 cm³/mol. The summed E-state index contributed by atoms with van der Waals surface area (Å²) in [7, 11) is 1.92. The van der Waals surface area contributed by atoms with E-state index < -0.39 is 0 Å². The van der Waals surface area contributed by atoms with Crippen molar-refractivity contribution in [3.8, 4) is 5.75 Å². The molecule has 0 aromatic heterocycles. The van der Waals surface area contributed by atoms with Crippen LogP contribution in [0.2, 0.25) is 5.02 Å². The zero-order chi connectivity index (χ0) is 15.4. The van der Waals surface area contributed by atoms with Gasteiger partial charge in [-0.1, -0.05) is 49.5 Å². The number of halogens is 3. The molecule has 0 fully saturated rings. The Bertz CT molecular complexity index is 646. The summed E-state index contributed by atoms with van der Waals surface area (Å²) in [6.45, 7) is 3.25. The molecular formula is C16H16Br2ClNO. The molecule has 2 aromatic carbocycles. The first-order valence-electron chi connectivity index (χ1n) is 6.51. The van der Waals surface area contributed by atoms with E-state index in [9.17, 15) is 0 Å². The number of nitrogens with one attached hydrogen (secondary N) is 1. The lowest BCUT2D eigenvalue weighted by Crippen LogP contribution is -2.09. The highest BCUT2D eigenvalue weighted by atomic mass is 79.9. The van der Waals surface area contributed by atoms with Crippen molar-refractivity contribution >= 4 is 43.5 Å². The highest BCUT2D eigenvalue weighted by Crippen LogP contribution is 2.30. The normalized spacial score (nSPS) is 10.7. The maximum atomic E-state index is 6.23. The minimum Gasteiger partial charge on any atom is -0.488 e. The van der Waals surface area contributed by atoms with Crippen LogP contribution in [0, 0.1) is 6.92 Å². The molecule has 0 unspecified atom stereocenters. The number of ether oxygens (including phenoxy) is 1. The Morgan fingerprint density at radius 1 is 1.10 bits per heavy atom. The second-order valence-electron chi connectivity index (χ2n) is 4.77. The molecule has 0 heterocycles. The summed E-state index contributed by atoms with van der Waals surface area (Å²) < 4.78 is 8.04. The van der Waals surface area contributed by atoms with Crippen LogP contribution in [0.4, 0.5) is 0 Å². The molecule has 0 aliphatic rings. The van der Waals surface area contributed by atoms with Crippen molar-refractivity contribution in [2.75, 3.05) is 7.05 Å². The number of rotatable bonds is 5. The van der Waals surface area contributed by atoms with Crippen molar-refractivity contribution < 1.29 is 4.74 Å². The Morgan fingerprint density at radius 3 is 2.52 bits per heavy atom. The Balaban J connectivity index is 2.23. The third kappa shape index (κ3) is 4.46. The molecule has 2 rings (SSSR count). The summed E-state index contributed by atoms with van der Waals surface area (Å²) in [4.78, 5) is 0. The van der Waals surface area contributed by atoms with Gasteiger partial charge in [0.1, 0.15) is 12.4 Å². The number of benzene rings is 2. The molecule has 0 saturated heterocycles. The molecule has 0 amide bonds. The van der Waals surface area contributed by atoms with E-state index in [0.29, 0.717) is 11.6 Å². The molecule has 0 aliphatic carbocycles. The van der Waals surface area contributed by atoms with E-state index in [-0.39, 0.29) is 0 Å². The fraction of sp³-hybridized carbons (Fsp3) is 0.250. The van der Waals surface area contributed by atoms with E-state index in [0.717, 1.165) is 37.9 Å². The van der Waals surface area contributed by atoms with Gasteiger partial charge in [0.05, 0.1) is 0 Å². The van der Waals surface area contributed by atoms with Crippen molar-refractivity contribution in [3.05, 3.63) is 61.0 Å². The van der Waals surface area contributed by atoms with Crippen LogP contribution in [0.3, 0.4) is 0 Å². The topological polar surface area (TPSA) is 21.3 Å². The van der Waals surface area contributed by atoms with Crippen LogP contribution in [-0.2, 0) is 13.2 Å². The van der Waals surface area contributed by atoms with E-state index in [4.69, 9.17) is 16.3 Å². The van der Waals surface area contributed by atoms with E-state index in [1.807, 2.05) is 32.2 Å². The van der Waals surface area contributed by atoms with E-state index in [1.54, 1.807) is 0 Å². The Labute approximate surface area is 147 Å². The highest BCUT2D eigenvalue weighted by molar-refractivity contribution is 9.10. The van der Waals surface area contributed by atoms with Crippen LogP contribution >= 0.6 is 43.5 Å². The van der Waals surface area contributed by atoms with Gasteiger partial charge in [-0.2, -0.15) is 0 Å². The maximum absolute atomic E-state index is 6.23. The minimum absolute atomic E-state index is 0.450. The van der Waals surface area contributed by atoms with Crippen LogP contribution in [-0.4, -0.2) is 7.05 Å². The van der Waals surface area contributed by atoms with Crippen LogP contribution in [0.5, 0.6) is 5.75 Å².